The van der Waals surface area contributed by atoms with Gasteiger partial charge in [0.2, 0.25) is 11.7 Å². The van der Waals surface area contributed by atoms with Crippen LogP contribution in [0.15, 0.2) is 12.1 Å². The third-order valence-corrected chi connectivity index (χ3v) is 3.03. The predicted octanol–water partition coefficient (Wildman–Crippen LogP) is 0.933. The number of amides is 1. The molecule has 1 aromatic carbocycles. The first-order valence-electron chi connectivity index (χ1n) is 6.60. The summed E-state index contributed by atoms with van der Waals surface area (Å²) in [5.41, 5.74) is 0.735. The number of benzene rings is 1. The van der Waals surface area contributed by atoms with Gasteiger partial charge in [0.25, 0.3) is 0 Å². The molecule has 7 heteroatoms. The van der Waals surface area contributed by atoms with Gasteiger partial charge in [-0.1, -0.05) is 0 Å². The van der Waals surface area contributed by atoms with E-state index in [-0.39, 0.29) is 12.3 Å². The average molecular weight is 311 g/mol. The maximum atomic E-state index is 11.8. The molecule has 0 radical (unpaired) electrons. The molecule has 1 aromatic rings. The Morgan fingerprint density at radius 1 is 1.05 bits per heavy atom. The summed E-state index contributed by atoms with van der Waals surface area (Å²) in [6, 6.07) is 2.66. The number of nitrogens with one attached hydrogen (secondary N) is 1. The summed E-state index contributed by atoms with van der Waals surface area (Å²) < 4.78 is 20.5. The summed E-state index contributed by atoms with van der Waals surface area (Å²) in [5, 5.41) is 2.56. The zero-order valence-electron chi connectivity index (χ0n) is 13.4. The van der Waals surface area contributed by atoms with E-state index in [1.807, 2.05) is 0 Å². The Morgan fingerprint density at radius 2 is 1.59 bits per heavy atom. The van der Waals surface area contributed by atoms with Crippen molar-refractivity contribution in [3.8, 4) is 17.2 Å². The van der Waals surface area contributed by atoms with Crippen LogP contribution in [-0.2, 0) is 20.7 Å². The smallest absolute Gasteiger partial charge is 0.328 e. The third-order valence-electron chi connectivity index (χ3n) is 3.03. The van der Waals surface area contributed by atoms with Crippen LogP contribution in [0.25, 0.3) is 0 Å². The molecule has 0 fully saturated rings. The molecule has 0 saturated heterocycles. The summed E-state index contributed by atoms with van der Waals surface area (Å²) in [7, 11) is 5.79. The van der Waals surface area contributed by atoms with Crippen molar-refractivity contribution < 1.29 is 28.5 Å². The average Bonchev–Trinajstić information content (AvgIpc) is 2.51. The molecule has 1 amide bonds. The second-order valence-corrected chi connectivity index (χ2v) is 4.51. The van der Waals surface area contributed by atoms with Gasteiger partial charge in [-0.2, -0.15) is 0 Å². The number of methoxy groups -OCH3 is 4. The van der Waals surface area contributed by atoms with Crippen LogP contribution in [0.4, 0.5) is 0 Å². The molecular formula is C15H21NO6. The van der Waals surface area contributed by atoms with Gasteiger partial charge in [0.1, 0.15) is 6.04 Å². The van der Waals surface area contributed by atoms with Crippen LogP contribution in [0.5, 0.6) is 17.2 Å². The van der Waals surface area contributed by atoms with Crippen LogP contribution in [0.2, 0.25) is 0 Å². The maximum absolute atomic E-state index is 11.8. The normalized spacial score (nSPS) is 11.3. The lowest BCUT2D eigenvalue weighted by Crippen LogP contribution is -2.42. The SMILES string of the molecule is COC(=O)C(Cc1cc(OC)c(OC)c(OC)c1)NC(C)=O. The molecule has 1 atom stereocenters. The number of esters is 1. The quantitative estimate of drug-likeness (QED) is 0.754. The number of rotatable bonds is 7. The lowest BCUT2D eigenvalue weighted by Gasteiger charge is -2.18. The van der Waals surface area contributed by atoms with Crippen LogP contribution in [0.1, 0.15) is 12.5 Å². The number of hydrogen-bond donors (Lipinski definition) is 1. The molecule has 1 rings (SSSR count). The van der Waals surface area contributed by atoms with Gasteiger partial charge in [-0.05, 0) is 17.7 Å². The van der Waals surface area contributed by atoms with Gasteiger partial charge in [-0.3, -0.25) is 4.79 Å². The molecule has 0 spiro atoms. The first-order chi connectivity index (χ1) is 10.5. The molecule has 0 aliphatic carbocycles. The fourth-order valence-corrected chi connectivity index (χ4v) is 2.07. The first-order valence-corrected chi connectivity index (χ1v) is 6.60. The van der Waals surface area contributed by atoms with Crippen LogP contribution in [0, 0.1) is 0 Å². The Hall–Kier alpha value is -2.44. The van der Waals surface area contributed by atoms with Crippen molar-refractivity contribution in [2.45, 2.75) is 19.4 Å². The Balaban J connectivity index is 3.13. The molecule has 22 heavy (non-hydrogen) atoms. The number of carbonyl (C=O) groups excluding carboxylic acids is 2. The van der Waals surface area contributed by atoms with E-state index in [2.05, 4.69) is 5.32 Å². The summed E-state index contributed by atoms with van der Waals surface area (Å²) in [6.45, 7) is 1.34. The van der Waals surface area contributed by atoms with Gasteiger partial charge >= 0.3 is 5.97 Å². The highest BCUT2D eigenvalue weighted by atomic mass is 16.5. The highest BCUT2D eigenvalue weighted by Gasteiger charge is 2.22. The number of hydrogen-bond acceptors (Lipinski definition) is 6. The molecule has 0 aliphatic heterocycles. The van der Waals surface area contributed by atoms with E-state index >= 15 is 0 Å². The highest BCUT2D eigenvalue weighted by molar-refractivity contribution is 5.83. The summed E-state index contributed by atoms with van der Waals surface area (Å²) in [4.78, 5) is 23.0. The van der Waals surface area contributed by atoms with Gasteiger partial charge in [0, 0.05) is 13.3 Å². The zero-order chi connectivity index (χ0) is 16.7. The second kappa shape index (κ2) is 8.11. The minimum Gasteiger partial charge on any atom is -0.493 e. The zero-order valence-corrected chi connectivity index (χ0v) is 13.4. The second-order valence-electron chi connectivity index (χ2n) is 4.51. The van der Waals surface area contributed by atoms with E-state index in [1.165, 1.54) is 35.4 Å². The highest BCUT2D eigenvalue weighted by Crippen LogP contribution is 2.38. The Bertz CT molecular complexity index is 518. The standard InChI is InChI=1S/C15H21NO6/c1-9(17)16-11(15(18)22-5)6-10-7-12(19-2)14(21-4)13(8-10)20-3/h7-8,11H,6H2,1-5H3,(H,16,17). The van der Waals surface area contributed by atoms with E-state index in [0.29, 0.717) is 17.2 Å². The van der Waals surface area contributed by atoms with Gasteiger partial charge in [0.15, 0.2) is 11.5 Å². The maximum Gasteiger partial charge on any atom is 0.328 e. The van der Waals surface area contributed by atoms with Crippen LogP contribution >= 0.6 is 0 Å². The topological polar surface area (TPSA) is 83.1 Å². The van der Waals surface area contributed by atoms with E-state index < -0.39 is 12.0 Å². The van der Waals surface area contributed by atoms with Crippen LogP contribution in [-0.4, -0.2) is 46.4 Å². The van der Waals surface area contributed by atoms with Crippen molar-refractivity contribution >= 4 is 11.9 Å². The van der Waals surface area contributed by atoms with Crippen LogP contribution < -0.4 is 19.5 Å². The van der Waals surface area contributed by atoms with Crippen molar-refractivity contribution in [3.63, 3.8) is 0 Å². The van der Waals surface area contributed by atoms with Gasteiger partial charge in [0.05, 0.1) is 28.4 Å². The van der Waals surface area contributed by atoms with Crippen molar-refractivity contribution in [3.05, 3.63) is 17.7 Å². The number of carbonyl (C=O) groups is 2. The minimum atomic E-state index is -0.787. The third kappa shape index (κ3) is 4.28. The van der Waals surface area contributed by atoms with E-state index in [0.717, 1.165) is 5.56 Å². The van der Waals surface area contributed by atoms with E-state index in [4.69, 9.17) is 18.9 Å². The molecule has 122 valence electrons. The lowest BCUT2D eigenvalue weighted by molar-refractivity contribution is -0.144. The summed E-state index contributed by atoms with van der Waals surface area (Å²) in [5.74, 6) is 0.571. The number of ether oxygens (including phenoxy) is 4. The predicted molar refractivity (Wildman–Crippen MR) is 79.4 cm³/mol. The van der Waals surface area contributed by atoms with E-state index in [1.54, 1.807) is 12.1 Å². The van der Waals surface area contributed by atoms with Crippen molar-refractivity contribution in [2.24, 2.45) is 0 Å². The molecule has 0 saturated carbocycles. The molecule has 1 unspecified atom stereocenters. The minimum absolute atomic E-state index is 0.239. The van der Waals surface area contributed by atoms with Crippen LogP contribution in [0.3, 0.4) is 0 Å². The lowest BCUT2D eigenvalue weighted by atomic mass is 10.0. The Labute approximate surface area is 129 Å². The van der Waals surface area contributed by atoms with Crippen molar-refractivity contribution in [2.75, 3.05) is 28.4 Å². The van der Waals surface area contributed by atoms with Crippen molar-refractivity contribution in [1.82, 2.24) is 5.32 Å². The van der Waals surface area contributed by atoms with Gasteiger partial charge in [-0.15, -0.1) is 0 Å². The first kappa shape index (κ1) is 17.6. The summed E-state index contributed by atoms with van der Waals surface area (Å²) in [6.07, 6.45) is 0.239. The largest absolute Gasteiger partial charge is 0.493 e. The molecule has 0 heterocycles. The Morgan fingerprint density at radius 3 is 1.95 bits per heavy atom. The monoisotopic (exact) mass is 311 g/mol. The molecule has 0 aromatic heterocycles. The van der Waals surface area contributed by atoms with Gasteiger partial charge < -0.3 is 24.3 Å². The fourth-order valence-electron chi connectivity index (χ4n) is 2.07. The molecule has 0 aliphatic rings. The molecule has 0 bridgehead atoms. The molecule has 1 N–H and O–H groups in total. The Kier molecular flexibility index (Phi) is 6.49. The van der Waals surface area contributed by atoms with Gasteiger partial charge in [-0.25, -0.2) is 4.79 Å². The summed E-state index contributed by atoms with van der Waals surface area (Å²) >= 11 is 0. The fraction of sp³-hybridized carbons (Fsp3) is 0.467. The van der Waals surface area contributed by atoms with E-state index in [9.17, 15) is 9.59 Å². The molecule has 7 nitrogen and oxygen atoms in total. The molecular weight excluding hydrogens is 290 g/mol. The van der Waals surface area contributed by atoms with Crippen molar-refractivity contribution in [1.29, 1.82) is 0 Å².